The molecule has 1 aromatic heterocycles. The Morgan fingerprint density at radius 1 is 1.50 bits per heavy atom. The molecule has 6 nitrogen and oxygen atoms in total. The molecule has 98 valence electrons. The van der Waals surface area contributed by atoms with Crippen LogP contribution in [-0.4, -0.2) is 39.3 Å². The van der Waals surface area contributed by atoms with Gasteiger partial charge in [-0.1, -0.05) is 0 Å². The Bertz CT molecular complexity index is 431. The summed E-state index contributed by atoms with van der Waals surface area (Å²) in [6.07, 6.45) is 4.50. The van der Waals surface area contributed by atoms with Gasteiger partial charge in [-0.05, 0) is 26.7 Å². The van der Waals surface area contributed by atoms with Crippen LogP contribution in [0.4, 0.5) is 5.82 Å². The molecular formula is C12H17N3O3. The smallest absolute Gasteiger partial charge is 0.356 e. The van der Waals surface area contributed by atoms with Crippen LogP contribution in [0, 0.1) is 0 Å². The highest BCUT2D eigenvalue weighted by Gasteiger charge is 2.28. The second kappa shape index (κ2) is 4.89. The third kappa shape index (κ3) is 3.16. The number of carboxylic acid groups (broad SMARTS) is 1. The highest BCUT2D eigenvalue weighted by atomic mass is 16.5. The average molecular weight is 251 g/mol. The van der Waals surface area contributed by atoms with Crippen molar-refractivity contribution in [3.8, 4) is 0 Å². The van der Waals surface area contributed by atoms with E-state index >= 15 is 0 Å². The number of ether oxygens (including phenoxy) is 1. The maximum Gasteiger partial charge on any atom is 0.356 e. The van der Waals surface area contributed by atoms with Crippen LogP contribution in [0.15, 0.2) is 12.4 Å². The SMILES string of the molecule is CC1(C)CC(Nc2cnc(C(=O)O)cn2)CCO1. The van der Waals surface area contributed by atoms with E-state index in [1.165, 1.54) is 12.4 Å². The number of carbonyl (C=O) groups is 1. The molecule has 0 aliphatic carbocycles. The fourth-order valence-corrected chi connectivity index (χ4v) is 2.08. The van der Waals surface area contributed by atoms with Crippen molar-refractivity contribution >= 4 is 11.8 Å². The number of hydrogen-bond acceptors (Lipinski definition) is 5. The topological polar surface area (TPSA) is 84.3 Å². The van der Waals surface area contributed by atoms with E-state index in [0.717, 1.165) is 12.8 Å². The average Bonchev–Trinajstić information content (AvgIpc) is 2.28. The molecule has 1 atom stereocenters. The van der Waals surface area contributed by atoms with Gasteiger partial charge in [-0.25, -0.2) is 14.8 Å². The summed E-state index contributed by atoms with van der Waals surface area (Å²) in [6.45, 7) is 4.82. The highest BCUT2D eigenvalue weighted by molar-refractivity contribution is 5.84. The summed E-state index contributed by atoms with van der Waals surface area (Å²) in [5, 5.41) is 12.0. The van der Waals surface area contributed by atoms with Crippen molar-refractivity contribution in [3.05, 3.63) is 18.1 Å². The Balaban J connectivity index is 1.99. The quantitative estimate of drug-likeness (QED) is 0.847. The standard InChI is InChI=1S/C12H17N3O3/c1-12(2)5-8(3-4-18-12)15-10-7-13-9(6-14-10)11(16)17/h6-8H,3-5H2,1-2H3,(H,14,15)(H,16,17). The van der Waals surface area contributed by atoms with Crippen LogP contribution in [0.3, 0.4) is 0 Å². The summed E-state index contributed by atoms with van der Waals surface area (Å²) in [6, 6.07) is 0.277. The first-order chi connectivity index (χ1) is 8.46. The van der Waals surface area contributed by atoms with E-state index in [2.05, 4.69) is 29.1 Å². The van der Waals surface area contributed by atoms with Crippen molar-refractivity contribution < 1.29 is 14.6 Å². The van der Waals surface area contributed by atoms with Crippen molar-refractivity contribution in [2.75, 3.05) is 11.9 Å². The fraction of sp³-hybridized carbons (Fsp3) is 0.583. The van der Waals surface area contributed by atoms with E-state index in [0.29, 0.717) is 12.4 Å². The van der Waals surface area contributed by atoms with Gasteiger partial charge in [0.15, 0.2) is 5.69 Å². The number of aromatic carboxylic acids is 1. The van der Waals surface area contributed by atoms with Gasteiger partial charge in [0.05, 0.1) is 18.0 Å². The zero-order valence-corrected chi connectivity index (χ0v) is 10.5. The number of hydrogen-bond donors (Lipinski definition) is 2. The van der Waals surface area contributed by atoms with Gasteiger partial charge in [-0.3, -0.25) is 0 Å². The van der Waals surface area contributed by atoms with Crippen molar-refractivity contribution in [3.63, 3.8) is 0 Å². The minimum absolute atomic E-state index is 0.0483. The number of anilines is 1. The molecule has 1 aromatic rings. The molecule has 6 heteroatoms. The molecule has 2 N–H and O–H groups in total. The third-order valence-electron chi connectivity index (χ3n) is 2.92. The predicted octanol–water partition coefficient (Wildman–Crippen LogP) is 1.54. The van der Waals surface area contributed by atoms with Gasteiger partial charge in [0, 0.05) is 12.6 Å². The van der Waals surface area contributed by atoms with Crippen LogP contribution in [0.2, 0.25) is 0 Å². The Hall–Kier alpha value is -1.69. The maximum atomic E-state index is 10.6. The van der Waals surface area contributed by atoms with E-state index < -0.39 is 5.97 Å². The van der Waals surface area contributed by atoms with Crippen LogP contribution >= 0.6 is 0 Å². The summed E-state index contributed by atoms with van der Waals surface area (Å²) in [4.78, 5) is 18.5. The molecule has 0 aromatic carbocycles. The van der Waals surface area contributed by atoms with Crippen molar-refractivity contribution in [2.45, 2.75) is 38.3 Å². The second-order valence-corrected chi connectivity index (χ2v) is 5.03. The molecule has 0 saturated carbocycles. The predicted molar refractivity (Wildman–Crippen MR) is 65.7 cm³/mol. The number of carboxylic acids is 1. The van der Waals surface area contributed by atoms with Gasteiger partial charge in [0.25, 0.3) is 0 Å². The summed E-state index contributed by atoms with van der Waals surface area (Å²) in [5.74, 6) is -0.469. The van der Waals surface area contributed by atoms with Crippen molar-refractivity contribution in [2.24, 2.45) is 0 Å². The van der Waals surface area contributed by atoms with Gasteiger partial charge in [0.2, 0.25) is 0 Å². The Morgan fingerprint density at radius 2 is 2.28 bits per heavy atom. The molecule has 0 amide bonds. The van der Waals surface area contributed by atoms with Gasteiger partial charge in [-0.2, -0.15) is 0 Å². The minimum atomic E-state index is -1.07. The molecule has 1 aliphatic heterocycles. The minimum Gasteiger partial charge on any atom is -0.476 e. The number of nitrogens with one attached hydrogen (secondary N) is 1. The lowest BCUT2D eigenvalue weighted by atomic mass is 9.94. The lowest BCUT2D eigenvalue weighted by Gasteiger charge is -2.35. The van der Waals surface area contributed by atoms with Crippen LogP contribution in [0.5, 0.6) is 0 Å². The van der Waals surface area contributed by atoms with Crippen LogP contribution in [0.25, 0.3) is 0 Å². The summed E-state index contributed by atoms with van der Waals surface area (Å²) in [5.41, 5.74) is -0.183. The molecule has 0 bridgehead atoms. The molecule has 1 unspecified atom stereocenters. The molecule has 0 spiro atoms. The third-order valence-corrected chi connectivity index (χ3v) is 2.92. The molecular weight excluding hydrogens is 234 g/mol. The number of aromatic nitrogens is 2. The molecule has 1 saturated heterocycles. The highest BCUT2D eigenvalue weighted by Crippen LogP contribution is 2.25. The molecule has 2 rings (SSSR count). The lowest BCUT2D eigenvalue weighted by molar-refractivity contribution is -0.0553. The summed E-state index contributed by atoms with van der Waals surface area (Å²) in [7, 11) is 0. The molecule has 18 heavy (non-hydrogen) atoms. The zero-order valence-electron chi connectivity index (χ0n) is 10.5. The van der Waals surface area contributed by atoms with Crippen LogP contribution in [0.1, 0.15) is 37.2 Å². The van der Waals surface area contributed by atoms with Gasteiger partial charge >= 0.3 is 5.97 Å². The maximum absolute atomic E-state index is 10.6. The zero-order chi connectivity index (χ0) is 13.2. The van der Waals surface area contributed by atoms with E-state index in [1.54, 1.807) is 0 Å². The monoisotopic (exact) mass is 251 g/mol. The first-order valence-corrected chi connectivity index (χ1v) is 5.92. The molecule has 2 heterocycles. The van der Waals surface area contributed by atoms with Crippen molar-refractivity contribution in [1.29, 1.82) is 0 Å². The Labute approximate surface area is 105 Å². The summed E-state index contributed by atoms with van der Waals surface area (Å²) >= 11 is 0. The number of rotatable bonds is 3. The van der Waals surface area contributed by atoms with Gasteiger partial charge < -0.3 is 15.2 Å². The van der Waals surface area contributed by atoms with E-state index in [4.69, 9.17) is 9.84 Å². The fourth-order valence-electron chi connectivity index (χ4n) is 2.08. The second-order valence-electron chi connectivity index (χ2n) is 5.03. The van der Waals surface area contributed by atoms with Crippen LogP contribution in [-0.2, 0) is 4.74 Å². The Morgan fingerprint density at radius 3 is 2.83 bits per heavy atom. The molecule has 1 fully saturated rings. The van der Waals surface area contributed by atoms with E-state index in [-0.39, 0.29) is 17.3 Å². The van der Waals surface area contributed by atoms with Crippen molar-refractivity contribution in [1.82, 2.24) is 9.97 Å². The number of nitrogens with zero attached hydrogens (tertiary/aromatic N) is 2. The van der Waals surface area contributed by atoms with Gasteiger partial charge in [0.1, 0.15) is 5.82 Å². The molecule has 1 aliphatic rings. The molecule has 0 radical (unpaired) electrons. The first-order valence-electron chi connectivity index (χ1n) is 5.92. The van der Waals surface area contributed by atoms with Gasteiger partial charge in [-0.15, -0.1) is 0 Å². The van der Waals surface area contributed by atoms with E-state index in [1.807, 2.05) is 0 Å². The van der Waals surface area contributed by atoms with E-state index in [9.17, 15) is 4.79 Å². The summed E-state index contributed by atoms with van der Waals surface area (Å²) < 4.78 is 5.63. The van der Waals surface area contributed by atoms with Crippen LogP contribution < -0.4 is 5.32 Å². The largest absolute Gasteiger partial charge is 0.476 e. The lowest BCUT2D eigenvalue weighted by Crippen LogP contribution is -2.40. The normalized spacial score (nSPS) is 22.4. The Kier molecular flexibility index (Phi) is 3.47. The first kappa shape index (κ1) is 12.8.